The highest BCUT2D eigenvalue weighted by Crippen LogP contribution is 1.85. The topological polar surface area (TPSA) is 61.8 Å². The predicted molar refractivity (Wildman–Crippen MR) is 36.1 cm³/mol. The molecule has 0 aromatic carbocycles. The van der Waals surface area contributed by atoms with E-state index < -0.39 is 0 Å². The van der Waals surface area contributed by atoms with Crippen molar-refractivity contribution >= 4 is 6.34 Å². The van der Waals surface area contributed by atoms with E-state index in [1.54, 1.807) is 0 Å². The molecule has 0 unspecified atom stereocenters. The lowest BCUT2D eigenvalue weighted by Crippen LogP contribution is -2.30. The van der Waals surface area contributed by atoms with E-state index in [2.05, 4.69) is 12.1 Å². The van der Waals surface area contributed by atoms with Crippen LogP contribution in [0.5, 0.6) is 0 Å². The summed E-state index contributed by atoms with van der Waals surface area (Å²) in [7, 11) is 0. The highest BCUT2D eigenvalue weighted by molar-refractivity contribution is 5.52. The maximum atomic E-state index is 7.98. The summed E-state index contributed by atoms with van der Waals surface area (Å²) in [5.74, 6) is 5.29. The molecule has 0 fully saturated rings. The zero-order valence-corrected chi connectivity index (χ0v) is 5.62. The number of unbranched alkanes of at least 4 members (excludes halogenated alkanes) is 1. The lowest BCUT2D eigenvalue weighted by molar-refractivity contribution is 0.306. The summed E-state index contributed by atoms with van der Waals surface area (Å²) in [5.41, 5.74) is 0. The SMILES string of the molecule is CCCCN(N)C=NO. The molecule has 0 heterocycles. The number of nitrogens with two attached hydrogens (primary N) is 1. The van der Waals surface area contributed by atoms with Crippen LogP contribution in [0.2, 0.25) is 0 Å². The lowest BCUT2D eigenvalue weighted by Gasteiger charge is -2.08. The van der Waals surface area contributed by atoms with Gasteiger partial charge in [-0.1, -0.05) is 18.5 Å². The molecule has 0 aliphatic rings. The maximum absolute atomic E-state index is 7.98. The van der Waals surface area contributed by atoms with Crippen LogP contribution in [-0.4, -0.2) is 23.1 Å². The van der Waals surface area contributed by atoms with Crippen LogP contribution >= 0.6 is 0 Å². The number of hydrogen-bond donors (Lipinski definition) is 2. The Morgan fingerprint density at radius 1 is 1.78 bits per heavy atom. The smallest absolute Gasteiger partial charge is 0.144 e. The molecule has 0 aromatic heterocycles. The van der Waals surface area contributed by atoms with E-state index in [9.17, 15) is 0 Å². The minimum Gasteiger partial charge on any atom is -0.410 e. The molecular weight excluding hydrogens is 118 g/mol. The van der Waals surface area contributed by atoms with Gasteiger partial charge in [-0.3, -0.25) is 5.01 Å². The first-order valence-electron chi connectivity index (χ1n) is 3.00. The average molecular weight is 131 g/mol. The summed E-state index contributed by atoms with van der Waals surface area (Å²) in [6, 6.07) is 0. The lowest BCUT2D eigenvalue weighted by atomic mass is 10.3. The largest absolute Gasteiger partial charge is 0.410 e. The van der Waals surface area contributed by atoms with Crippen LogP contribution in [0.4, 0.5) is 0 Å². The monoisotopic (exact) mass is 131 g/mol. The summed E-state index contributed by atoms with van der Waals surface area (Å²) < 4.78 is 0. The van der Waals surface area contributed by atoms with E-state index in [-0.39, 0.29) is 0 Å². The summed E-state index contributed by atoms with van der Waals surface area (Å²) >= 11 is 0. The summed E-state index contributed by atoms with van der Waals surface area (Å²) in [6.45, 7) is 2.81. The maximum Gasteiger partial charge on any atom is 0.144 e. The van der Waals surface area contributed by atoms with Crippen LogP contribution in [0, 0.1) is 0 Å². The Morgan fingerprint density at radius 2 is 2.44 bits per heavy atom. The molecule has 0 amide bonds. The van der Waals surface area contributed by atoms with Gasteiger partial charge in [-0.15, -0.1) is 0 Å². The molecule has 0 aliphatic carbocycles. The summed E-state index contributed by atoms with van der Waals surface area (Å²) in [6.07, 6.45) is 3.30. The van der Waals surface area contributed by atoms with Crippen molar-refractivity contribution in [2.75, 3.05) is 6.54 Å². The minimum absolute atomic E-state index is 0.737. The fourth-order valence-corrected chi connectivity index (χ4v) is 0.465. The minimum atomic E-state index is 0.737. The van der Waals surface area contributed by atoms with Gasteiger partial charge in [-0.25, -0.2) is 5.84 Å². The highest BCUT2D eigenvalue weighted by Gasteiger charge is 1.88. The fraction of sp³-hybridized carbons (Fsp3) is 0.800. The number of nitrogens with zero attached hydrogens (tertiary/aromatic N) is 2. The van der Waals surface area contributed by atoms with E-state index in [4.69, 9.17) is 11.0 Å². The summed E-state index contributed by atoms with van der Waals surface area (Å²) in [5, 5.41) is 12.1. The molecule has 9 heavy (non-hydrogen) atoms. The normalized spacial score (nSPS) is 10.4. The molecule has 0 saturated heterocycles. The van der Waals surface area contributed by atoms with Gasteiger partial charge >= 0.3 is 0 Å². The van der Waals surface area contributed by atoms with Crippen LogP contribution < -0.4 is 5.84 Å². The third-order valence-corrected chi connectivity index (χ3v) is 0.970. The Labute approximate surface area is 54.9 Å². The van der Waals surface area contributed by atoms with Crippen LogP contribution in [0.1, 0.15) is 19.8 Å². The molecule has 4 nitrogen and oxygen atoms in total. The Balaban J connectivity index is 3.15. The van der Waals surface area contributed by atoms with E-state index in [0.29, 0.717) is 0 Å². The van der Waals surface area contributed by atoms with E-state index >= 15 is 0 Å². The van der Waals surface area contributed by atoms with E-state index in [1.165, 1.54) is 11.3 Å². The van der Waals surface area contributed by atoms with Gasteiger partial charge in [0.15, 0.2) is 0 Å². The zero-order valence-electron chi connectivity index (χ0n) is 5.62. The Bertz CT molecular complexity index is 84.3. The van der Waals surface area contributed by atoms with Gasteiger partial charge in [-0.2, -0.15) is 0 Å². The molecule has 54 valence electrons. The predicted octanol–water partition coefficient (Wildman–Crippen LogP) is 0.380. The van der Waals surface area contributed by atoms with Crippen molar-refractivity contribution in [1.29, 1.82) is 0 Å². The third-order valence-electron chi connectivity index (χ3n) is 0.970. The Hall–Kier alpha value is -0.770. The third kappa shape index (κ3) is 5.10. The molecule has 4 heteroatoms. The fourth-order valence-electron chi connectivity index (χ4n) is 0.465. The second kappa shape index (κ2) is 5.37. The van der Waals surface area contributed by atoms with Crippen LogP contribution in [0.15, 0.2) is 5.16 Å². The van der Waals surface area contributed by atoms with Gasteiger partial charge in [0.05, 0.1) is 0 Å². The molecule has 0 bridgehead atoms. The van der Waals surface area contributed by atoms with E-state index in [0.717, 1.165) is 19.4 Å². The molecule has 0 aliphatic heterocycles. The van der Waals surface area contributed by atoms with Crippen molar-refractivity contribution in [3.8, 4) is 0 Å². The van der Waals surface area contributed by atoms with Gasteiger partial charge in [0.1, 0.15) is 6.34 Å². The number of oxime groups is 1. The van der Waals surface area contributed by atoms with Crippen LogP contribution in [0.3, 0.4) is 0 Å². The Kier molecular flexibility index (Phi) is 4.91. The molecule has 0 aromatic rings. The van der Waals surface area contributed by atoms with Crippen molar-refractivity contribution in [2.24, 2.45) is 11.0 Å². The van der Waals surface area contributed by atoms with Gasteiger partial charge in [-0.05, 0) is 6.42 Å². The van der Waals surface area contributed by atoms with Crippen molar-refractivity contribution in [2.45, 2.75) is 19.8 Å². The van der Waals surface area contributed by atoms with Gasteiger partial charge in [0, 0.05) is 6.54 Å². The highest BCUT2D eigenvalue weighted by atomic mass is 16.4. The van der Waals surface area contributed by atoms with Crippen LogP contribution in [-0.2, 0) is 0 Å². The molecule has 0 rings (SSSR count). The molecule has 0 saturated carbocycles. The second-order valence-electron chi connectivity index (χ2n) is 1.82. The first-order chi connectivity index (χ1) is 4.31. The molecule has 0 atom stereocenters. The van der Waals surface area contributed by atoms with Crippen molar-refractivity contribution in [3.05, 3.63) is 0 Å². The van der Waals surface area contributed by atoms with Gasteiger partial charge < -0.3 is 5.21 Å². The molecule has 0 spiro atoms. The molecule has 0 radical (unpaired) electrons. The van der Waals surface area contributed by atoms with Crippen molar-refractivity contribution in [1.82, 2.24) is 5.01 Å². The van der Waals surface area contributed by atoms with Crippen LogP contribution in [0.25, 0.3) is 0 Å². The number of rotatable bonds is 4. The number of hydrazine groups is 1. The summed E-state index contributed by atoms with van der Waals surface area (Å²) in [4.78, 5) is 0. The second-order valence-corrected chi connectivity index (χ2v) is 1.82. The standard InChI is InChI=1S/C5H13N3O/c1-2-3-4-8(6)5-7-9/h5,9H,2-4,6H2,1H3. The quantitative estimate of drug-likeness (QED) is 0.190. The molecular formula is C5H13N3O. The first kappa shape index (κ1) is 8.23. The van der Waals surface area contributed by atoms with Crippen molar-refractivity contribution < 1.29 is 5.21 Å². The van der Waals surface area contributed by atoms with Gasteiger partial charge in [0.2, 0.25) is 0 Å². The van der Waals surface area contributed by atoms with E-state index in [1.807, 2.05) is 0 Å². The van der Waals surface area contributed by atoms with Gasteiger partial charge in [0.25, 0.3) is 0 Å². The van der Waals surface area contributed by atoms with Crippen molar-refractivity contribution in [3.63, 3.8) is 0 Å². The Morgan fingerprint density at radius 3 is 2.89 bits per heavy atom. The number of hydrogen-bond acceptors (Lipinski definition) is 3. The molecule has 3 N–H and O–H groups in total. The first-order valence-corrected chi connectivity index (χ1v) is 3.00. The zero-order chi connectivity index (χ0) is 7.11. The average Bonchev–Trinajstić information content (AvgIpc) is 1.85.